The smallest absolute Gasteiger partial charge is 0.259 e. The molecule has 0 bridgehead atoms. The topological polar surface area (TPSA) is 54.0 Å². The third-order valence-electron chi connectivity index (χ3n) is 2.49. The van der Waals surface area contributed by atoms with Gasteiger partial charge in [0.25, 0.3) is 5.91 Å². The van der Waals surface area contributed by atoms with E-state index in [-0.39, 0.29) is 5.91 Å². The number of benzene rings is 1. The summed E-state index contributed by atoms with van der Waals surface area (Å²) in [5.74, 6) is 0.194. The zero-order chi connectivity index (χ0) is 13.8. The van der Waals surface area contributed by atoms with E-state index in [1.807, 2.05) is 0 Å². The first-order valence-electron chi connectivity index (χ1n) is 5.51. The fourth-order valence-corrected chi connectivity index (χ4v) is 1.93. The Bertz CT molecular complexity index is 617. The number of anilines is 2. The summed E-state index contributed by atoms with van der Waals surface area (Å²) in [6, 6.07) is 8.41. The number of aromatic nitrogens is 1. The number of nitrogens with one attached hydrogen (secondary N) is 2. The van der Waals surface area contributed by atoms with Crippen molar-refractivity contribution >= 4 is 40.6 Å². The first-order valence-corrected chi connectivity index (χ1v) is 6.27. The van der Waals surface area contributed by atoms with Crippen LogP contribution in [0.5, 0.6) is 0 Å². The number of amides is 1. The molecule has 0 saturated carbocycles. The Morgan fingerprint density at radius 3 is 2.74 bits per heavy atom. The second-order valence-corrected chi connectivity index (χ2v) is 4.49. The average Bonchev–Trinajstić information content (AvgIpc) is 2.43. The van der Waals surface area contributed by atoms with E-state index in [9.17, 15) is 4.79 Å². The van der Waals surface area contributed by atoms with Crippen molar-refractivity contribution in [3.63, 3.8) is 0 Å². The normalized spacial score (nSPS) is 10.1. The molecule has 0 radical (unpaired) electrons. The Kier molecular flexibility index (Phi) is 4.24. The predicted octanol–water partition coefficient (Wildman–Crippen LogP) is 3.68. The molecule has 4 nitrogen and oxygen atoms in total. The van der Waals surface area contributed by atoms with Gasteiger partial charge in [0, 0.05) is 13.2 Å². The van der Waals surface area contributed by atoms with Crippen LogP contribution in [-0.2, 0) is 0 Å². The van der Waals surface area contributed by atoms with Crippen LogP contribution in [0.1, 0.15) is 10.4 Å². The lowest BCUT2D eigenvalue weighted by atomic mass is 10.2. The summed E-state index contributed by atoms with van der Waals surface area (Å²) < 4.78 is 0. The molecule has 2 N–H and O–H groups in total. The van der Waals surface area contributed by atoms with Gasteiger partial charge in [0.05, 0.1) is 21.3 Å². The zero-order valence-electron chi connectivity index (χ0n) is 10.1. The number of halogens is 2. The molecule has 2 aromatic rings. The highest BCUT2D eigenvalue weighted by Gasteiger charge is 2.13. The largest absolute Gasteiger partial charge is 0.372 e. The molecule has 1 aromatic heterocycles. The molecule has 0 unspecified atom stereocenters. The first kappa shape index (κ1) is 13.6. The van der Waals surface area contributed by atoms with E-state index in [1.165, 1.54) is 0 Å². The number of hydrogen-bond donors (Lipinski definition) is 2. The van der Waals surface area contributed by atoms with E-state index in [2.05, 4.69) is 15.6 Å². The number of carbonyl (C=O) groups excluding carboxylic acids is 1. The molecule has 0 saturated heterocycles. The Hall–Kier alpha value is -1.78. The van der Waals surface area contributed by atoms with Gasteiger partial charge in [-0.25, -0.2) is 4.98 Å². The van der Waals surface area contributed by atoms with Crippen LogP contribution < -0.4 is 10.6 Å². The van der Waals surface area contributed by atoms with E-state index in [0.717, 1.165) is 0 Å². The lowest BCUT2D eigenvalue weighted by Crippen LogP contribution is -2.15. The third kappa shape index (κ3) is 2.97. The van der Waals surface area contributed by atoms with Gasteiger partial charge >= 0.3 is 0 Å². The summed E-state index contributed by atoms with van der Waals surface area (Å²) >= 11 is 11.9. The van der Waals surface area contributed by atoms with Gasteiger partial charge in [-0.15, -0.1) is 0 Å². The molecule has 1 aromatic carbocycles. The van der Waals surface area contributed by atoms with Crippen LogP contribution in [0.2, 0.25) is 10.0 Å². The number of carbonyl (C=O) groups is 1. The Balaban J connectivity index is 2.28. The molecule has 0 fully saturated rings. The van der Waals surface area contributed by atoms with Crippen LogP contribution >= 0.6 is 23.2 Å². The van der Waals surface area contributed by atoms with Gasteiger partial charge in [-0.3, -0.25) is 4.79 Å². The van der Waals surface area contributed by atoms with Gasteiger partial charge in [-0.05, 0) is 24.3 Å². The first-order chi connectivity index (χ1) is 9.13. The van der Waals surface area contributed by atoms with Gasteiger partial charge in [0.15, 0.2) is 0 Å². The van der Waals surface area contributed by atoms with Crippen LogP contribution in [-0.4, -0.2) is 17.9 Å². The molecule has 1 heterocycles. The van der Waals surface area contributed by atoms with E-state index in [4.69, 9.17) is 23.2 Å². The van der Waals surface area contributed by atoms with Gasteiger partial charge in [0.1, 0.15) is 5.82 Å². The fourth-order valence-electron chi connectivity index (χ4n) is 1.58. The van der Waals surface area contributed by atoms with Gasteiger partial charge < -0.3 is 10.6 Å². The molecule has 0 aliphatic carbocycles. The predicted molar refractivity (Wildman–Crippen MR) is 78.2 cm³/mol. The average molecular weight is 296 g/mol. The summed E-state index contributed by atoms with van der Waals surface area (Å²) in [4.78, 5) is 16.2. The number of nitrogens with zero attached hydrogens (tertiary/aromatic N) is 1. The number of hydrogen-bond acceptors (Lipinski definition) is 3. The maximum absolute atomic E-state index is 12.2. The summed E-state index contributed by atoms with van der Waals surface area (Å²) in [6.07, 6.45) is 1.61. The Labute approximate surface area is 120 Å². The third-order valence-corrected chi connectivity index (χ3v) is 3.31. The maximum atomic E-state index is 12.2. The molecule has 0 atom stereocenters. The van der Waals surface area contributed by atoms with Gasteiger partial charge in [-0.2, -0.15) is 0 Å². The van der Waals surface area contributed by atoms with Crippen molar-refractivity contribution in [2.75, 3.05) is 17.7 Å². The molecule has 6 heteroatoms. The molecule has 0 spiro atoms. The van der Waals surface area contributed by atoms with E-state index in [0.29, 0.717) is 27.1 Å². The van der Waals surface area contributed by atoms with Crippen LogP contribution in [0.25, 0.3) is 0 Å². The molecule has 0 aliphatic heterocycles. The second kappa shape index (κ2) is 5.91. The lowest BCUT2D eigenvalue weighted by Gasteiger charge is -2.10. The highest BCUT2D eigenvalue weighted by molar-refractivity contribution is 6.44. The van der Waals surface area contributed by atoms with E-state index in [1.54, 1.807) is 43.6 Å². The minimum Gasteiger partial charge on any atom is -0.372 e. The van der Waals surface area contributed by atoms with Crippen molar-refractivity contribution in [2.45, 2.75) is 0 Å². The quantitative estimate of drug-likeness (QED) is 0.908. The zero-order valence-corrected chi connectivity index (χ0v) is 11.6. The van der Waals surface area contributed by atoms with E-state index < -0.39 is 0 Å². The number of pyridine rings is 1. The molecule has 0 aliphatic rings. The summed E-state index contributed by atoms with van der Waals surface area (Å²) in [7, 11) is 1.70. The second-order valence-electron chi connectivity index (χ2n) is 3.71. The maximum Gasteiger partial charge on any atom is 0.259 e. The molecule has 19 heavy (non-hydrogen) atoms. The van der Waals surface area contributed by atoms with Gasteiger partial charge in [0.2, 0.25) is 0 Å². The van der Waals surface area contributed by atoms with Crippen LogP contribution in [0.15, 0.2) is 36.5 Å². The van der Waals surface area contributed by atoms with Crippen molar-refractivity contribution in [1.29, 1.82) is 0 Å². The summed E-state index contributed by atoms with van der Waals surface area (Å²) in [6.45, 7) is 0. The minimum absolute atomic E-state index is 0.304. The lowest BCUT2D eigenvalue weighted by molar-refractivity contribution is 0.102. The van der Waals surface area contributed by atoms with Crippen LogP contribution in [0, 0.1) is 0 Å². The highest BCUT2D eigenvalue weighted by Crippen LogP contribution is 2.30. The SMILES string of the molecule is CNc1ncccc1C(=O)Nc1cccc(Cl)c1Cl. The van der Waals surface area contributed by atoms with Crippen LogP contribution in [0.3, 0.4) is 0 Å². The highest BCUT2D eigenvalue weighted by atomic mass is 35.5. The molecule has 98 valence electrons. The standard InChI is InChI=1S/C13H11Cl2N3O/c1-16-12-8(4-3-7-17-12)13(19)18-10-6-2-5-9(14)11(10)15/h2-7H,1H3,(H,16,17)(H,18,19). The Morgan fingerprint density at radius 1 is 1.21 bits per heavy atom. The molecular formula is C13H11Cl2N3O. The monoisotopic (exact) mass is 295 g/mol. The van der Waals surface area contributed by atoms with Crippen molar-refractivity contribution in [3.05, 3.63) is 52.1 Å². The summed E-state index contributed by atoms with van der Waals surface area (Å²) in [5, 5.41) is 6.26. The molecule has 1 amide bonds. The molecule has 2 rings (SSSR count). The summed E-state index contributed by atoms with van der Waals surface area (Å²) in [5.41, 5.74) is 0.895. The van der Waals surface area contributed by atoms with Gasteiger partial charge in [-0.1, -0.05) is 29.3 Å². The molecular weight excluding hydrogens is 285 g/mol. The van der Waals surface area contributed by atoms with Crippen molar-refractivity contribution in [3.8, 4) is 0 Å². The van der Waals surface area contributed by atoms with Crippen molar-refractivity contribution in [1.82, 2.24) is 4.98 Å². The minimum atomic E-state index is -0.304. The Morgan fingerprint density at radius 2 is 2.00 bits per heavy atom. The number of rotatable bonds is 3. The van der Waals surface area contributed by atoms with Crippen molar-refractivity contribution in [2.24, 2.45) is 0 Å². The fraction of sp³-hybridized carbons (Fsp3) is 0.0769. The van der Waals surface area contributed by atoms with Crippen LogP contribution in [0.4, 0.5) is 11.5 Å². The van der Waals surface area contributed by atoms with E-state index >= 15 is 0 Å². The van der Waals surface area contributed by atoms with Crippen molar-refractivity contribution < 1.29 is 4.79 Å².